The summed E-state index contributed by atoms with van der Waals surface area (Å²) in [5.41, 5.74) is 1.23. The van der Waals surface area contributed by atoms with E-state index >= 15 is 0 Å². The highest BCUT2D eigenvalue weighted by Crippen LogP contribution is 2.21. The first-order valence-electron chi connectivity index (χ1n) is 4.36. The van der Waals surface area contributed by atoms with Gasteiger partial charge in [-0.1, -0.05) is 17.7 Å². The Morgan fingerprint density at radius 3 is 2.85 bits per heavy atom. The fraction of sp³-hybridized carbons (Fsp3) is 0.400. The minimum absolute atomic E-state index is 0.704. The average Bonchev–Trinajstić information content (AvgIpc) is 2.19. The molecule has 1 aromatic rings. The Kier molecular flexibility index (Phi) is 3.01. The molecule has 1 heterocycles. The molecule has 0 spiro atoms. The Bertz CT molecular complexity index is 284. The molecule has 1 aliphatic rings. The number of rotatable bonds is 1. The summed E-state index contributed by atoms with van der Waals surface area (Å²) in [7, 11) is 0. The third-order valence-corrected chi connectivity index (χ3v) is 3.29. The van der Waals surface area contributed by atoms with Crippen molar-refractivity contribution in [2.24, 2.45) is 0 Å². The molecule has 1 saturated heterocycles. The van der Waals surface area contributed by atoms with E-state index in [1.807, 2.05) is 23.9 Å². The second-order valence-corrected chi connectivity index (χ2v) is 4.63. The van der Waals surface area contributed by atoms with Gasteiger partial charge >= 0.3 is 0 Å². The topological polar surface area (TPSA) is 3.24 Å². The summed E-state index contributed by atoms with van der Waals surface area (Å²) in [6.07, 6.45) is 0. The molecule has 0 bridgehead atoms. The maximum absolute atomic E-state index is 5.88. The third kappa shape index (κ3) is 2.32. The molecule has 3 heteroatoms. The lowest BCUT2D eigenvalue weighted by atomic mass is 10.3. The maximum Gasteiger partial charge on any atom is 0.0505 e. The molecular formula is C10H11ClNS. The minimum atomic E-state index is 0.704. The molecule has 13 heavy (non-hydrogen) atoms. The third-order valence-electron chi connectivity index (χ3n) is 2.13. The van der Waals surface area contributed by atoms with Crippen LogP contribution in [0.15, 0.2) is 18.2 Å². The summed E-state index contributed by atoms with van der Waals surface area (Å²) in [6, 6.07) is 8.89. The number of thioether (sulfide) groups is 1. The summed E-state index contributed by atoms with van der Waals surface area (Å²) < 4.78 is 0. The largest absolute Gasteiger partial charge is 0.370 e. The van der Waals surface area contributed by atoms with E-state index in [0.717, 1.165) is 13.1 Å². The number of benzene rings is 1. The molecule has 0 amide bonds. The van der Waals surface area contributed by atoms with E-state index in [1.54, 1.807) is 0 Å². The fourth-order valence-electron chi connectivity index (χ4n) is 1.44. The highest BCUT2D eigenvalue weighted by Gasteiger charge is 2.10. The van der Waals surface area contributed by atoms with Gasteiger partial charge in [0.2, 0.25) is 0 Å². The van der Waals surface area contributed by atoms with Crippen molar-refractivity contribution in [3.05, 3.63) is 29.3 Å². The molecular weight excluding hydrogens is 202 g/mol. The van der Waals surface area contributed by atoms with E-state index in [-0.39, 0.29) is 0 Å². The van der Waals surface area contributed by atoms with Crippen LogP contribution in [0, 0.1) is 6.07 Å². The SMILES string of the molecule is Clc1[c]ccc(N2CCSCC2)c1. The van der Waals surface area contributed by atoms with Gasteiger partial charge in [-0.2, -0.15) is 11.8 Å². The van der Waals surface area contributed by atoms with Crippen molar-refractivity contribution in [1.82, 2.24) is 0 Å². The standard InChI is InChI=1S/C10H11ClNS/c11-9-2-1-3-10(8-9)12-4-6-13-7-5-12/h1,3,8H,4-7H2. The van der Waals surface area contributed by atoms with Gasteiger partial charge in [0, 0.05) is 36.3 Å². The van der Waals surface area contributed by atoms with Crippen molar-refractivity contribution >= 4 is 29.1 Å². The van der Waals surface area contributed by atoms with Gasteiger partial charge in [-0.05, 0) is 12.1 Å². The van der Waals surface area contributed by atoms with Gasteiger partial charge in [-0.15, -0.1) is 0 Å². The minimum Gasteiger partial charge on any atom is -0.370 e. The number of halogens is 1. The van der Waals surface area contributed by atoms with Crippen molar-refractivity contribution in [3.8, 4) is 0 Å². The number of hydrogen-bond donors (Lipinski definition) is 0. The Balaban J connectivity index is 2.14. The Morgan fingerprint density at radius 1 is 1.38 bits per heavy atom. The van der Waals surface area contributed by atoms with E-state index in [0.29, 0.717) is 5.02 Å². The van der Waals surface area contributed by atoms with Crippen LogP contribution in [0.1, 0.15) is 0 Å². The van der Waals surface area contributed by atoms with E-state index in [4.69, 9.17) is 11.6 Å². The second kappa shape index (κ2) is 4.25. The van der Waals surface area contributed by atoms with Crippen molar-refractivity contribution in [2.45, 2.75) is 0 Å². The molecule has 1 aromatic carbocycles. The van der Waals surface area contributed by atoms with Crippen LogP contribution in [-0.4, -0.2) is 24.6 Å². The van der Waals surface area contributed by atoms with E-state index in [2.05, 4.69) is 17.0 Å². The Labute approximate surface area is 88.1 Å². The molecule has 0 N–H and O–H groups in total. The van der Waals surface area contributed by atoms with Gasteiger partial charge in [0.1, 0.15) is 0 Å². The first kappa shape index (κ1) is 9.22. The number of hydrogen-bond acceptors (Lipinski definition) is 2. The predicted molar refractivity (Wildman–Crippen MR) is 59.8 cm³/mol. The van der Waals surface area contributed by atoms with Crippen LogP contribution in [0.2, 0.25) is 5.02 Å². The van der Waals surface area contributed by atoms with Crippen molar-refractivity contribution < 1.29 is 0 Å². The van der Waals surface area contributed by atoms with Crippen LogP contribution in [0.5, 0.6) is 0 Å². The molecule has 0 atom stereocenters. The van der Waals surface area contributed by atoms with E-state index in [1.165, 1.54) is 17.2 Å². The monoisotopic (exact) mass is 212 g/mol. The molecule has 0 unspecified atom stereocenters. The highest BCUT2D eigenvalue weighted by molar-refractivity contribution is 7.99. The second-order valence-electron chi connectivity index (χ2n) is 2.99. The summed E-state index contributed by atoms with van der Waals surface area (Å²) >= 11 is 7.89. The van der Waals surface area contributed by atoms with Crippen LogP contribution in [-0.2, 0) is 0 Å². The van der Waals surface area contributed by atoms with E-state index in [9.17, 15) is 0 Å². The summed E-state index contributed by atoms with van der Waals surface area (Å²) in [5, 5.41) is 0.704. The van der Waals surface area contributed by atoms with Crippen LogP contribution >= 0.6 is 23.4 Å². The molecule has 1 fully saturated rings. The van der Waals surface area contributed by atoms with Gasteiger partial charge < -0.3 is 4.90 Å². The highest BCUT2D eigenvalue weighted by atomic mass is 35.5. The van der Waals surface area contributed by atoms with Crippen LogP contribution in [0.4, 0.5) is 5.69 Å². The first-order valence-corrected chi connectivity index (χ1v) is 5.89. The maximum atomic E-state index is 5.88. The molecule has 69 valence electrons. The van der Waals surface area contributed by atoms with Gasteiger partial charge in [0.25, 0.3) is 0 Å². The summed E-state index contributed by atoms with van der Waals surface area (Å²) in [5.74, 6) is 2.44. The zero-order chi connectivity index (χ0) is 9.10. The molecule has 0 saturated carbocycles. The van der Waals surface area contributed by atoms with Gasteiger partial charge in [0.05, 0.1) is 5.02 Å². The summed E-state index contributed by atoms with van der Waals surface area (Å²) in [6.45, 7) is 2.26. The zero-order valence-corrected chi connectivity index (χ0v) is 8.87. The smallest absolute Gasteiger partial charge is 0.0505 e. The first-order chi connectivity index (χ1) is 6.36. The van der Waals surface area contributed by atoms with Crippen LogP contribution in [0.25, 0.3) is 0 Å². The van der Waals surface area contributed by atoms with Gasteiger partial charge in [0.15, 0.2) is 0 Å². The Morgan fingerprint density at radius 2 is 2.15 bits per heavy atom. The van der Waals surface area contributed by atoms with Gasteiger partial charge in [-0.3, -0.25) is 0 Å². The quantitative estimate of drug-likeness (QED) is 0.704. The van der Waals surface area contributed by atoms with Crippen molar-refractivity contribution in [3.63, 3.8) is 0 Å². The lowest BCUT2D eigenvalue weighted by molar-refractivity contribution is 0.859. The number of anilines is 1. The molecule has 1 nitrogen and oxygen atoms in total. The lowest BCUT2D eigenvalue weighted by Gasteiger charge is -2.28. The van der Waals surface area contributed by atoms with Crippen molar-refractivity contribution in [2.75, 3.05) is 29.5 Å². The van der Waals surface area contributed by atoms with Crippen LogP contribution < -0.4 is 4.90 Å². The number of nitrogens with zero attached hydrogens (tertiary/aromatic N) is 1. The van der Waals surface area contributed by atoms with E-state index < -0.39 is 0 Å². The summed E-state index contributed by atoms with van der Waals surface area (Å²) in [4.78, 5) is 2.37. The molecule has 0 aromatic heterocycles. The molecule has 0 aliphatic carbocycles. The van der Waals surface area contributed by atoms with Gasteiger partial charge in [-0.25, -0.2) is 0 Å². The zero-order valence-electron chi connectivity index (χ0n) is 7.29. The molecule has 1 radical (unpaired) electrons. The molecule has 1 aliphatic heterocycles. The van der Waals surface area contributed by atoms with Crippen molar-refractivity contribution in [1.29, 1.82) is 0 Å². The lowest BCUT2D eigenvalue weighted by Crippen LogP contribution is -2.32. The predicted octanol–water partition coefficient (Wildman–Crippen LogP) is 2.69. The normalized spacial score (nSPS) is 17.5. The van der Waals surface area contributed by atoms with Crippen LogP contribution in [0.3, 0.4) is 0 Å². The fourth-order valence-corrected chi connectivity index (χ4v) is 2.52. The Hall–Kier alpha value is -0.340. The molecule has 2 rings (SSSR count). The average molecular weight is 213 g/mol.